The number of carbonyl (C=O) groups excluding carboxylic acids is 6. The monoisotopic (exact) mass is 681 g/mol. The van der Waals surface area contributed by atoms with Crippen LogP contribution in [-0.2, 0) is 45.1 Å². The maximum atomic E-state index is 13.9. The van der Waals surface area contributed by atoms with Crippen LogP contribution < -0.4 is 32.3 Å². The molecule has 262 valence electrons. The normalized spacial score (nSPS) is 17.4. The molecule has 0 bridgehead atoms. The average Bonchev–Trinajstić information content (AvgIpc) is 3.09. The Labute approximate surface area is 290 Å². The van der Waals surface area contributed by atoms with E-state index in [9.17, 15) is 28.8 Å². The highest BCUT2D eigenvalue weighted by Gasteiger charge is 2.41. The second-order valence-electron chi connectivity index (χ2n) is 13.8. The molecule has 5 rings (SSSR count). The molecule has 0 spiro atoms. The third kappa shape index (κ3) is 8.24. The van der Waals surface area contributed by atoms with E-state index >= 15 is 0 Å². The standard InChI is InChI=1S/C37H43N7O6/c1-37(2,3)32(43-31(46)18-39-4)36(50)44-19-26-15-28(12-10-24(26)16-30(44)33(38)47)42-35(49)22-7-5-21(6-8-22)34(48)41-27-11-9-23-13-29(20-45)40-17-25(23)14-27/h5-12,14-15,20,29-30,32,39-40H,13,16-19H2,1-4H3,(H2,38,47)(H,41,48)(H,42,49)(H,43,46). The molecule has 2 aliphatic rings. The summed E-state index contributed by atoms with van der Waals surface area (Å²) < 4.78 is 0. The zero-order chi connectivity index (χ0) is 36.2. The van der Waals surface area contributed by atoms with Gasteiger partial charge in [-0.25, -0.2) is 0 Å². The molecule has 0 aromatic heterocycles. The molecule has 3 aromatic carbocycles. The molecule has 0 aliphatic carbocycles. The van der Waals surface area contributed by atoms with Gasteiger partial charge in [0.05, 0.1) is 12.6 Å². The minimum absolute atomic E-state index is 0.0272. The van der Waals surface area contributed by atoms with E-state index < -0.39 is 35.2 Å². The van der Waals surface area contributed by atoms with E-state index in [1.165, 1.54) is 4.90 Å². The van der Waals surface area contributed by atoms with Gasteiger partial charge in [-0.3, -0.25) is 24.0 Å². The maximum Gasteiger partial charge on any atom is 0.255 e. The van der Waals surface area contributed by atoms with Gasteiger partial charge in [-0.05, 0) is 89.7 Å². The van der Waals surface area contributed by atoms with Crippen LogP contribution >= 0.6 is 0 Å². The summed E-state index contributed by atoms with van der Waals surface area (Å²) in [6.07, 6.45) is 1.69. The van der Waals surface area contributed by atoms with Crippen LogP contribution in [0.1, 0.15) is 63.7 Å². The Bertz CT molecular complexity index is 1820. The number of amides is 5. The Morgan fingerprint density at radius 1 is 0.860 bits per heavy atom. The molecule has 5 amide bonds. The lowest BCUT2D eigenvalue weighted by Crippen LogP contribution is -2.60. The third-order valence-corrected chi connectivity index (χ3v) is 8.99. The van der Waals surface area contributed by atoms with Crippen LogP contribution in [0.2, 0.25) is 0 Å². The number of nitrogens with zero attached hydrogens (tertiary/aromatic N) is 1. The molecule has 50 heavy (non-hydrogen) atoms. The lowest BCUT2D eigenvalue weighted by Gasteiger charge is -2.40. The molecule has 2 heterocycles. The van der Waals surface area contributed by atoms with Crippen molar-refractivity contribution in [3.63, 3.8) is 0 Å². The van der Waals surface area contributed by atoms with E-state index in [4.69, 9.17) is 5.73 Å². The largest absolute Gasteiger partial charge is 0.368 e. The van der Waals surface area contributed by atoms with Crippen LogP contribution in [0, 0.1) is 5.41 Å². The minimum atomic E-state index is -0.910. The molecule has 3 aromatic rings. The number of anilines is 2. The Balaban J connectivity index is 1.26. The SMILES string of the molecule is CNCC(=O)NC(C(=O)N1Cc2cc(NC(=O)c3ccc(C(=O)Nc4ccc5c(c4)CNC(C=O)C5)cc3)ccc2CC1C(N)=O)C(C)(C)C. The zero-order valence-corrected chi connectivity index (χ0v) is 28.6. The highest BCUT2D eigenvalue weighted by molar-refractivity contribution is 6.07. The van der Waals surface area contributed by atoms with E-state index in [-0.39, 0.29) is 37.4 Å². The summed E-state index contributed by atoms with van der Waals surface area (Å²) in [7, 11) is 1.63. The first-order valence-electron chi connectivity index (χ1n) is 16.5. The van der Waals surface area contributed by atoms with Gasteiger partial charge in [0, 0.05) is 42.0 Å². The molecule has 3 unspecified atom stereocenters. The van der Waals surface area contributed by atoms with Crippen LogP contribution in [0.4, 0.5) is 11.4 Å². The van der Waals surface area contributed by atoms with Crippen molar-refractivity contribution in [2.24, 2.45) is 11.1 Å². The molecule has 13 heteroatoms. The second kappa shape index (κ2) is 15.0. The summed E-state index contributed by atoms with van der Waals surface area (Å²) in [6, 6.07) is 15.1. The Morgan fingerprint density at radius 2 is 1.42 bits per heavy atom. The van der Waals surface area contributed by atoms with Gasteiger partial charge in [0.15, 0.2) is 0 Å². The van der Waals surface area contributed by atoms with E-state index in [0.717, 1.165) is 28.5 Å². The molecule has 7 N–H and O–H groups in total. The molecule has 0 saturated heterocycles. The van der Waals surface area contributed by atoms with Crippen LogP contribution in [0.5, 0.6) is 0 Å². The molecule has 2 aliphatic heterocycles. The number of primary amides is 1. The number of hydrogen-bond donors (Lipinski definition) is 6. The first-order valence-corrected chi connectivity index (χ1v) is 16.5. The predicted octanol–water partition coefficient (Wildman–Crippen LogP) is 1.89. The number of nitrogens with one attached hydrogen (secondary N) is 5. The van der Waals surface area contributed by atoms with Gasteiger partial charge in [0.2, 0.25) is 17.7 Å². The lowest BCUT2D eigenvalue weighted by atomic mass is 9.84. The van der Waals surface area contributed by atoms with Crippen LogP contribution in [0.3, 0.4) is 0 Å². The van der Waals surface area contributed by atoms with Crippen molar-refractivity contribution < 1.29 is 28.8 Å². The van der Waals surface area contributed by atoms with Crippen molar-refractivity contribution in [1.29, 1.82) is 0 Å². The van der Waals surface area contributed by atoms with Gasteiger partial charge >= 0.3 is 0 Å². The number of carbonyl (C=O) groups is 6. The van der Waals surface area contributed by atoms with Crippen molar-refractivity contribution >= 4 is 47.2 Å². The molecule has 13 nitrogen and oxygen atoms in total. The average molecular weight is 682 g/mol. The maximum absolute atomic E-state index is 13.9. The van der Waals surface area contributed by atoms with Crippen LogP contribution in [-0.4, -0.2) is 72.4 Å². The van der Waals surface area contributed by atoms with E-state index in [1.54, 1.807) is 55.6 Å². The van der Waals surface area contributed by atoms with Gasteiger partial charge in [0.1, 0.15) is 18.4 Å². The fourth-order valence-corrected chi connectivity index (χ4v) is 6.23. The molecule has 0 fully saturated rings. The summed E-state index contributed by atoms with van der Waals surface area (Å²) >= 11 is 0. The topological polar surface area (TPSA) is 192 Å². The van der Waals surface area contributed by atoms with Gasteiger partial charge in [-0.2, -0.15) is 0 Å². The molecule has 0 saturated carbocycles. The molecule has 3 atom stereocenters. The molecular weight excluding hydrogens is 638 g/mol. The first kappa shape index (κ1) is 35.9. The number of aldehydes is 1. The Morgan fingerprint density at radius 3 is 1.94 bits per heavy atom. The van der Waals surface area contributed by atoms with E-state index in [1.807, 2.05) is 32.9 Å². The molecule has 0 radical (unpaired) electrons. The van der Waals surface area contributed by atoms with Crippen LogP contribution in [0.25, 0.3) is 0 Å². The highest BCUT2D eigenvalue weighted by atomic mass is 16.2. The van der Waals surface area contributed by atoms with Crippen molar-refractivity contribution in [3.05, 3.63) is 94.0 Å². The number of fused-ring (bicyclic) bond motifs is 2. The number of rotatable bonds is 10. The number of nitrogens with two attached hydrogens (primary N) is 1. The summed E-state index contributed by atoms with van der Waals surface area (Å²) in [5.41, 5.74) is 10.5. The predicted molar refractivity (Wildman–Crippen MR) is 188 cm³/mol. The summed E-state index contributed by atoms with van der Waals surface area (Å²) in [6.45, 7) is 6.12. The smallest absolute Gasteiger partial charge is 0.255 e. The van der Waals surface area contributed by atoms with Gasteiger partial charge in [0.25, 0.3) is 11.8 Å². The number of hydrogen-bond acceptors (Lipinski definition) is 8. The van der Waals surface area contributed by atoms with Gasteiger partial charge < -0.3 is 42.0 Å². The molecular formula is C37H43N7O6. The van der Waals surface area contributed by atoms with Crippen LogP contribution in [0.15, 0.2) is 60.7 Å². The second-order valence-corrected chi connectivity index (χ2v) is 13.8. The fourth-order valence-electron chi connectivity index (χ4n) is 6.23. The third-order valence-electron chi connectivity index (χ3n) is 8.99. The summed E-state index contributed by atoms with van der Waals surface area (Å²) in [4.78, 5) is 77.5. The fraction of sp³-hybridized carbons (Fsp3) is 0.351. The van der Waals surface area contributed by atoms with Gasteiger partial charge in [-0.1, -0.05) is 32.9 Å². The minimum Gasteiger partial charge on any atom is -0.368 e. The van der Waals surface area contributed by atoms with E-state index in [2.05, 4.69) is 26.6 Å². The van der Waals surface area contributed by atoms with Gasteiger partial charge in [-0.15, -0.1) is 0 Å². The Kier molecular flexibility index (Phi) is 10.8. The van der Waals surface area contributed by atoms with Crippen molar-refractivity contribution in [2.45, 2.75) is 64.8 Å². The first-order chi connectivity index (χ1) is 23.8. The van der Waals surface area contributed by atoms with Crippen molar-refractivity contribution in [1.82, 2.24) is 20.9 Å². The number of likely N-dealkylation sites (N-methyl/N-ethyl adjacent to an activating group) is 1. The zero-order valence-electron chi connectivity index (χ0n) is 28.6. The summed E-state index contributed by atoms with van der Waals surface area (Å²) in [5, 5.41) is 14.5. The van der Waals surface area contributed by atoms with E-state index in [0.29, 0.717) is 35.5 Å². The number of benzene rings is 3. The summed E-state index contributed by atoms with van der Waals surface area (Å²) in [5.74, 6) is -2.15. The van der Waals surface area contributed by atoms with Crippen molar-refractivity contribution in [2.75, 3.05) is 24.2 Å². The van der Waals surface area contributed by atoms with Crippen molar-refractivity contribution in [3.8, 4) is 0 Å². The lowest BCUT2D eigenvalue weighted by molar-refractivity contribution is -0.146. The Hall–Kier alpha value is -5.40. The quantitative estimate of drug-likeness (QED) is 0.175. The highest BCUT2D eigenvalue weighted by Crippen LogP contribution is 2.30.